The van der Waals surface area contributed by atoms with E-state index in [9.17, 15) is 24.5 Å². The van der Waals surface area contributed by atoms with Crippen molar-refractivity contribution >= 4 is 57.9 Å². The quantitative estimate of drug-likeness (QED) is 0.448. The van der Waals surface area contributed by atoms with Crippen LogP contribution in [-0.2, 0) is 9.59 Å². The van der Waals surface area contributed by atoms with Crippen LogP contribution in [-0.4, -0.2) is 33.4 Å². The van der Waals surface area contributed by atoms with Gasteiger partial charge in [0.25, 0.3) is 16.8 Å². The molecule has 0 spiro atoms. The van der Waals surface area contributed by atoms with E-state index in [-0.39, 0.29) is 10.6 Å². The fraction of sp³-hybridized carbons (Fsp3) is 0.0556. The van der Waals surface area contributed by atoms with Crippen molar-refractivity contribution in [3.8, 4) is 0 Å². The first-order valence-corrected chi connectivity index (χ1v) is 9.08. The van der Waals surface area contributed by atoms with Crippen molar-refractivity contribution in [2.24, 2.45) is 0 Å². The summed E-state index contributed by atoms with van der Waals surface area (Å²) >= 11 is 6.48. The maximum atomic E-state index is 12.4. The smallest absolute Gasteiger partial charge is 0.294 e. The second-order valence-corrected chi connectivity index (χ2v) is 7.10. The second kappa shape index (κ2) is 8.24. The van der Waals surface area contributed by atoms with Crippen LogP contribution in [0.4, 0.5) is 16.2 Å². The molecule has 3 rings (SSSR count). The molecule has 0 atom stereocenters. The van der Waals surface area contributed by atoms with E-state index in [2.05, 4.69) is 5.32 Å². The number of halogens is 1. The number of nitro benzene ring substituents is 1. The number of benzene rings is 2. The van der Waals surface area contributed by atoms with Gasteiger partial charge < -0.3 is 5.32 Å². The minimum absolute atomic E-state index is 0.0795. The molecule has 1 aliphatic rings. The van der Waals surface area contributed by atoms with Crippen LogP contribution in [0.3, 0.4) is 0 Å². The molecule has 142 valence electrons. The van der Waals surface area contributed by atoms with Gasteiger partial charge in [0.1, 0.15) is 6.54 Å². The Morgan fingerprint density at radius 2 is 1.79 bits per heavy atom. The lowest BCUT2D eigenvalue weighted by molar-refractivity contribution is -0.384. The zero-order chi connectivity index (χ0) is 20.3. The molecule has 2 aromatic rings. The standard InChI is InChI=1S/C18H12ClN3O5S/c19-12-3-5-13(6-4-12)20-16(23)10-21-17(24)15(28-18(21)25)9-11-1-7-14(8-2-11)22(26)27/h1-9H,10H2,(H,20,23)/b15-9-. The van der Waals surface area contributed by atoms with Crippen molar-refractivity contribution in [1.29, 1.82) is 0 Å². The molecule has 1 N–H and O–H groups in total. The minimum atomic E-state index is -0.598. The van der Waals surface area contributed by atoms with Gasteiger partial charge in [-0.3, -0.25) is 29.4 Å². The maximum absolute atomic E-state index is 12.4. The van der Waals surface area contributed by atoms with E-state index in [4.69, 9.17) is 11.6 Å². The van der Waals surface area contributed by atoms with Crippen molar-refractivity contribution in [2.75, 3.05) is 11.9 Å². The van der Waals surface area contributed by atoms with E-state index in [1.165, 1.54) is 30.3 Å². The summed E-state index contributed by atoms with van der Waals surface area (Å²) in [5.74, 6) is -1.12. The predicted octanol–water partition coefficient (Wildman–Crippen LogP) is 3.92. The van der Waals surface area contributed by atoms with E-state index in [1.807, 2.05) is 0 Å². The van der Waals surface area contributed by atoms with Crippen LogP contribution in [0.1, 0.15) is 5.56 Å². The highest BCUT2D eigenvalue weighted by Crippen LogP contribution is 2.32. The van der Waals surface area contributed by atoms with E-state index in [0.717, 1.165) is 4.90 Å². The summed E-state index contributed by atoms with van der Waals surface area (Å²) in [4.78, 5) is 47.8. The number of amides is 3. The monoisotopic (exact) mass is 417 g/mol. The highest BCUT2D eigenvalue weighted by Gasteiger charge is 2.36. The van der Waals surface area contributed by atoms with E-state index >= 15 is 0 Å². The summed E-state index contributed by atoms with van der Waals surface area (Å²) in [7, 11) is 0. The summed E-state index contributed by atoms with van der Waals surface area (Å²) < 4.78 is 0. The fourth-order valence-electron chi connectivity index (χ4n) is 2.36. The maximum Gasteiger partial charge on any atom is 0.294 e. The highest BCUT2D eigenvalue weighted by molar-refractivity contribution is 8.18. The van der Waals surface area contributed by atoms with E-state index in [0.29, 0.717) is 28.0 Å². The third-order valence-electron chi connectivity index (χ3n) is 3.70. The Bertz CT molecular complexity index is 989. The molecule has 0 aromatic heterocycles. The lowest BCUT2D eigenvalue weighted by Gasteiger charge is -2.12. The van der Waals surface area contributed by atoms with Crippen LogP contribution in [0, 0.1) is 10.1 Å². The number of non-ortho nitro benzene ring substituents is 1. The lowest BCUT2D eigenvalue weighted by Crippen LogP contribution is -2.36. The van der Waals surface area contributed by atoms with Crippen molar-refractivity contribution in [3.05, 3.63) is 74.1 Å². The predicted molar refractivity (Wildman–Crippen MR) is 106 cm³/mol. The number of nitro groups is 1. The summed E-state index contributed by atoms with van der Waals surface area (Å²) in [6.45, 7) is -0.426. The van der Waals surface area contributed by atoms with Crippen LogP contribution >= 0.6 is 23.4 Å². The minimum Gasteiger partial charge on any atom is -0.325 e. The number of imide groups is 1. The van der Waals surface area contributed by atoms with Gasteiger partial charge in [-0.1, -0.05) is 11.6 Å². The van der Waals surface area contributed by atoms with Gasteiger partial charge in [0.2, 0.25) is 5.91 Å². The molecule has 2 aromatic carbocycles. The Labute approximate surface area is 168 Å². The van der Waals surface area contributed by atoms with Crippen molar-refractivity contribution in [3.63, 3.8) is 0 Å². The molecular formula is C18H12ClN3O5S. The van der Waals surface area contributed by atoms with E-state index < -0.39 is 28.5 Å². The molecule has 1 heterocycles. The van der Waals surface area contributed by atoms with Crippen molar-refractivity contribution in [1.82, 2.24) is 4.90 Å². The molecule has 3 amide bonds. The van der Waals surface area contributed by atoms with Crippen LogP contribution in [0.15, 0.2) is 53.4 Å². The average Bonchev–Trinajstić information content (AvgIpc) is 2.91. The molecule has 1 fully saturated rings. The number of anilines is 1. The van der Waals surface area contributed by atoms with Crippen LogP contribution in [0.25, 0.3) is 6.08 Å². The van der Waals surface area contributed by atoms with Gasteiger partial charge in [0.05, 0.1) is 9.83 Å². The molecule has 1 aliphatic heterocycles. The molecule has 28 heavy (non-hydrogen) atoms. The molecule has 8 nitrogen and oxygen atoms in total. The molecule has 0 bridgehead atoms. The van der Waals surface area contributed by atoms with Gasteiger partial charge in [-0.2, -0.15) is 0 Å². The van der Waals surface area contributed by atoms with Crippen LogP contribution < -0.4 is 5.32 Å². The SMILES string of the molecule is O=C(CN1C(=O)S/C(=C\c2ccc([N+](=O)[O-])cc2)C1=O)Nc1ccc(Cl)cc1. The Morgan fingerprint density at radius 3 is 2.39 bits per heavy atom. The zero-order valence-corrected chi connectivity index (χ0v) is 15.7. The first-order chi connectivity index (χ1) is 13.3. The average molecular weight is 418 g/mol. The summed E-state index contributed by atoms with van der Waals surface area (Å²) in [6.07, 6.45) is 1.45. The zero-order valence-electron chi connectivity index (χ0n) is 14.1. The number of nitrogens with one attached hydrogen (secondary N) is 1. The van der Waals surface area contributed by atoms with Gasteiger partial charge in [0.15, 0.2) is 0 Å². The van der Waals surface area contributed by atoms with E-state index in [1.54, 1.807) is 24.3 Å². The fourth-order valence-corrected chi connectivity index (χ4v) is 3.32. The summed E-state index contributed by atoms with van der Waals surface area (Å²) in [5, 5.41) is 13.2. The highest BCUT2D eigenvalue weighted by atomic mass is 35.5. The third-order valence-corrected chi connectivity index (χ3v) is 4.86. The molecule has 0 unspecified atom stereocenters. The Kier molecular flexibility index (Phi) is 5.76. The second-order valence-electron chi connectivity index (χ2n) is 5.67. The number of hydrogen-bond acceptors (Lipinski definition) is 6. The molecule has 0 aliphatic carbocycles. The van der Waals surface area contributed by atoms with Gasteiger partial charge in [-0.15, -0.1) is 0 Å². The van der Waals surface area contributed by atoms with Crippen LogP contribution in [0.2, 0.25) is 5.02 Å². The topological polar surface area (TPSA) is 110 Å². The summed E-state index contributed by atoms with van der Waals surface area (Å²) in [6, 6.07) is 11.9. The largest absolute Gasteiger partial charge is 0.325 e. The first kappa shape index (κ1) is 19.6. The number of nitrogens with zero attached hydrogens (tertiary/aromatic N) is 2. The van der Waals surface area contributed by atoms with Gasteiger partial charge in [0, 0.05) is 22.8 Å². The number of carbonyl (C=O) groups is 3. The number of rotatable bonds is 5. The molecule has 0 saturated carbocycles. The lowest BCUT2D eigenvalue weighted by atomic mass is 10.2. The number of thioether (sulfide) groups is 1. The van der Waals surface area contributed by atoms with Crippen LogP contribution in [0.5, 0.6) is 0 Å². The van der Waals surface area contributed by atoms with Gasteiger partial charge in [-0.25, -0.2) is 0 Å². The Balaban J connectivity index is 1.68. The van der Waals surface area contributed by atoms with Gasteiger partial charge in [-0.05, 0) is 59.8 Å². The first-order valence-electron chi connectivity index (χ1n) is 7.89. The normalized spacial score (nSPS) is 15.2. The number of carbonyl (C=O) groups excluding carboxylic acids is 3. The third kappa shape index (κ3) is 4.56. The van der Waals surface area contributed by atoms with Crippen molar-refractivity contribution in [2.45, 2.75) is 0 Å². The molecule has 1 saturated heterocycles. The van der Waals surface area contributed by atoms with Gasteiger partial charge >= 0.3 is 0 Å². The molecular weight excluding hydrogens is 406 g/mol. The molecule has 0 radical (unpaired) electrons. The summed E-state index contributed by atoms with van der Waals surface area (Å²) in [5.41, 5.74) is 0.939. The Hall–Kier alpha value is -3.17. The van der Waals surface area contributed by atoms with Crippen molar-refractivity contribution < 1.29 is 19.3 Å². The Morgan fingerprint density at radius 1 is 1.14 bits per heavy atom. The number of hydrogen-bond donors (Lipinski definition) is 1. The molecule has 10 heteroatoms.